The molecule has 2 fully saturated rings. The second-order valence-corrected chi connectivity index (χ2v) is 12.3. The Morgan fingerprint density at radius 1 is 1.26 bits per heavy atom. The van der Waals surface area contributed by atoms with Crippen LogP contribution in [0.1, 0.15) is 30.7 Å². The number of aromatic nitrogens is 9. The fourth-order valence-electron chi connectivity index (χ4n) is 4.90. The summed E-state index contributed by atoms with van der Waals surface area (Å²) in [4.78, 5) is 37.4. The van der Waals surface area contributed by atoms with Crippen LogP contribution in [0.3, 0.4) is 0 Å². The van der Waals surface area contributed by atoms with E-state index in [9.17, 15) is 19.9 Å². The standard InChI is InChI=1S/C20H25FN11O8PS/c21-12-9(1-2-33)39-18(31-16-13(29-30-31)17(35)28-19(22)27-16)14(12)40-41(36,42)37-5-11-8(34)3-10(38-11)7-4-26-32-15(7)24-6-25-20(32)23/h4,6,8-12,14,18,33-34H,1-3,5H2,(H,36,42)(H2,23,24,25)(H3,22,27,28,35)/t8-,9+,10+,11+,12-,14+,18+,41?/m0/s1. The molecule has 0 bridgehead atoms. The number of H-pyrrole nitrogens is 1. The number of fused-ring (bicyclic) bond motifs is 2. The molecule has 2 saturated heterocycles. The SMILES string of the molecule is Nc1nc2c(nnn2[C@@H]2O[C@H](CCO)[C@H](F)[C@H]2OP(O)(=S)OC[C@H]2O[C@@H](c3cnn4c(N)ncnc34)C[C@@H]2O)c(=O)[nH]1. The zero-order chi connectivity index (χ0) is 29.8. The molecule has 0 spiro atoms. The van der Waals surface area contributed by atoms with Crippen LogP contribution in [0.4, 0.5) is 16.3 Å². The molecule has 1 unspecified atom stereocenters. The second-order valence-electron chi connectivity index (χ2n) is 9.55. The first-order valence-electron chi connectivity index (χ1n) is 12.5. The van der Waals surface area contributed by atoms with Crippen LogP contribution < -0.4 is 17.0 Å². The molecule has 2 aliphatic rings. The van der Waals surface area contributed by atoms with Crippen LogP contribution in [0.5, 0.6) is 0 Å². The zero-order valence-electron chi connectivity index (χ0n) is 21.4. The Bertz CT molecular complexity index is 1720. The van der Waals surface area contributed by atoms with Crippen molar-refractivity contribution in [2.75, 3.05) is 24.7 Å². The van der Waals surface area contributed by atoms with Crippen molar-refractivity contribution in [2.45, 2.75) is 55.8 Å². The molecule has 0 aromatic carbocycles. The maximum Gasteiger partial charge on any atom is 0.325 e. The Morgan fingerprint density at radius 3 is 2.86 bits per heavy atom. The molecule has 0 aliphatic carbocycles. The lowest BCUT2D eigenvalue weighted by Crippen LogP contribution is -2.32. The number of alkyl halides is 1. The van der Waals surface area contributed by atoms with Gasteiger partial charge in [-0.1, -0.05) is 5.21 Å². The third-order valence-electron chi connectivity index (χ3n) is 6.86. The van der Waals surface area contributed by atoms with Gasteiger partial charge in [0, 0.05) is 18.6 Å². The summed E-state index contributed by atoms with van der Waals surface area (Å²) in [5.74, 6) is -0.131. The number of nitrogens with zero attached hydrogens (tertiary/aromatic N) is 8. The summed E-state index contributed by atoms with van der Waals surface area (Å²) in [6, 6.07) is 0. The lowest BCUT2D eigenvalue weighted by Gasteiger charge is -2.25. The summed E-state index contributed by atoms with van der Waals surface area (Å²) >= 11 is 5.15. The minimum absolute atomic E-state index is 0.120. The van der Waals surface area contributed by atoms with E-state index in [4.69, 9.17) is 41.8 Å². The molecule has 2 aliphatic heterocycles. The molecule has 42 heavy (non-hydrogen) atoms. The van der Waals surface area contributed by atoms with E-state index in [0.717, 1.165) is 4.68 Å². The van der Waals surface area contributed by atoms with Gasteiger partial charge in [-0.25, -0.2) is 14.4 Å². The number of aliphatic hydroxyl groups is 2. The number of nitrogens with two attached hydrogens (primary N) is 2. The van der Waals surface area contributed by atoms with Crippen molar-refractivity contribution in [1.82, 2.24) is 44.5 Å². The summed E-state index contributed by atoms with van der Waals surface area (Å²) < 4.78 is 40.5. The highest BCUT2D eigenvalue weighted by Crippen LogP contribution is 2.51. The summed E-state index contributed by atoms with van der Waals surface area (Å²) in [5.41, 5.74) is 11.4. The predicted octanol–water partition coefficient (Wildman–Crippen LogP) is -1.76. The van der Waals surface area contributed by atoms with Crippen molar-refractivity contribution in [2.24, 2.45) is 0 Å². The number of aromatic amines is 1. The van der Waals surface area contributed by atoms with Gasteiger partial charge in [-0.15, -0.1) is 5.10 Å². The Hall–Kier alpha value is -3.27. The number of ether oxygens (including phenoxy) is 2. The molecule has 6 rings (SSSR count). The number of hydrogen-bond acceptors (Lipinski definition) is 16. The van der Waals surface area contributed by atoms with Crippen LogP contribution in [0.2, 0.25) is 0 Å². The third-order valence-corrected chi connectivity index (χ3v) is 8.42. The fraction of sp³-hybridized carbons (Fsp3) is 0.550. The summed E-state index contributed by atoms with van der Waals surface area (Å²) in [6.07, 6.45) is -5.96. The normalized spacial score (nSPS) is 29.5. The largest absolute Gasteiger partial charge is 0.396 e. The van der Waals surface area contributed by atoms with Crippen LogP contribution in [0, 0.1) is 0 Å². The number of rotatable bonds is 9. The summed E-state index contributed by atoms with van der Waals surface area (Å²) in [5, 5.41) is 31.7. The minimum Gasteiger partial charge on any atom is -0.396 e. The van der Waals surface area contributed by atoms with Crippen LogP contribution in [-0.2, 0) is 30.3 Å². The Kier molecular flexibility index (Phi) is 7.62. The van der Waals surface area contributed by atoms with Crippen molar-refractivity contribution < 1.29 is 38.0 Å². The number of anilines is 2. The van der Waals surface area contributed by atoms with E-state index in [2.05, 4.69) is 35.3 Å². The number of halogens is 1. The molecule has 8 atom stereocenters. The van der Waals surface area contributed by atoms with E-state index >= 15 is 4.39 Å². The average Bonchev–Trinajstić information content (AvgIpc) is 3.70. The van der Waals surface area contributed by atoms with Gasteiger partial charge in [0.25, 0.3) is 5.56 Å². The quantitative estimate of drug-likeness (QED) is 0.112. The van der Waals surface area contributed by atoms with Crippen LogP contribution >= 0.6 is 6.72 Å². The van der Waals surface area contributed by atoms with Gasteiger partial charge >= 0.3 is 6.72 Å². The number of aliphatic hydroxyl groups excluding tert-OH is 2. The van der Waals surface area contributed by atoms with Crippen molar-refractivity contribution in [3.8, 4) is 0 Å². The first-order chi connectivity index (χ1) is 20.1. The van der Waals surface area contributed by atoms with Crippen LogP contribution in [0.25, 0.3) is 16.8 Å². The maximum atomic E-state index is 15.5. The van der Waals surface area contributed by atoms with Gasteiger partial charge in [-0.3, -0.25) is 14.3 Å². The van der Waals surface area contributed by atoms with Crippen LogP contribution in [-0.4, -0.2) is 103 Å². The Morgan fingerprint density at radius 2 is 2.07 bits per heavy atom. The summed E-state index contributed by atoms with van der Waals surface area (Å²) in [6.45, 7) is -5.04. The highest BCUT2D eigenvalue weighted by Gasteiger charge is 2.50. The van der Waals surface area contributed by atoms with Gasteiger partial charge < -0.3 is 40.6 Å². The first-order valence-corrected chi connectivity index (χ1v) is 15.1. The van der Waals surface area contributed by atoms with E-state index in [1.807, 2.05) is 0 Å². The lowest BCUT2D eigenvalue weighted by molar-refractivity contribution is -0.0496. The van der Waals surface area contributed by atoms with Gasteiger partial charge in [-0.05, 0) is 18.2 Å². The molecule has 4 aromatic rings. The van der Waals surface area contributed by atoms with E-state index in [0.29, 0.717) is 11.2 Å². The molecule has 22 heteroatoms. The fourth-order valence-corrected chi connectivity index (χ4v) is 6.30. The molecule has 0 amide bonds. The average molecular weight is 630 g/mol. The highest BCUT2D eigenvalue weighted by atomic mass is 32.5. The topological polar surface area (TPSA) is 269 Å². The molecule has 6 heterocycles. The van der Waals surface area contributed by atoms with Crippen molar-refractivity contribution >= 4 is 47.2 Å². The number of nitrogen functional groups attached to an aromatic ring is 2. The predicted molar refractivity (Wildman–Crippen MR) is 142 cm³/mol. The van der Waals surface area contributed by atoms with Crippen molar-refractivity contribution in [3.63, 3.8) is 0 Å². The van der Waals surface area contributed by atoms with Gasteiger partial charge in [-0.2, -0.15) is 19.3 Å². The number of hydrogen-bond donors (Lipinski definition) is 6. The van der Waals surface area contributed by atoms with E-state index in [1.165, 1.54) is 17.0 Å². The molecule has 19 nitrogen and oxygen atoms in total. The first kappa shape index (κ1) is 28.8. The van der Waals surface area contributed by atoms with Crippen molar-refractivity contribution in [3.05, 3.63) is 28.4 Å². The molecular formula is C20H25FN11O8PS. The summed E-state index contributed by atoms with van der Waals surface area (Å²) in [7, 11) is 0. The maximum absolute atomic E-state index is 15.5. The molecular weight excluding hydrogens is 604 g/mol. The second kappa shape index (κ2) is 11.1. The third kappa shape index (κ3) is 5.23. The molecule has 0 saturated carbocycles. The Labute approximate surface area is 238 Å². The van der Waals surface area contributed by atoms with Gasteiger partial charge in [0.05, 0.1) is 31.1 Å². The van der Waals surface area contributed by atoms with Gasteiger partial charge in [0.15, 0.2) is 29.2 Å². The van der Waals surface area contributed by atoms with E-state index in [-0.39, 0.29) is 35.9 Å². The molecule has 8 N–H and O–H groups in total. The van der Waals surface area contributed by atoms with Crippen LogP contribution in [0.15, 0.2) is 17.3 Å². The van der Waals surface area contributed by atoms with Gasteiger partial charge in [0.2, 0.25) is 11.9 Å². The number of nitrogens with one attached hydrogen (secondary N) is 1. The molecule has 0 radical (unpaired) electrons. The Balaban J connectivity index is 1.18. The van der Waals surface area contributed by atoms with E-state index in [1.54, 1.807) is 0 Å². The smallest absolute Gasteiger partial charge is 0.325 e. The van der Waals surface area contributed by atoms with Gasteiger partial charge in [0.1, 0.15) is 18.5 Å². The van der Waals surface area contributed by atoms with Crippen molar-refractivity contribution in [1.29, 1.82) is 0 Å². The molecule has 226 valence electrons. The zero-order valence-corrected chi connectivity index (χ0v) is 23.1. The molecule has 4 aromatic heterocycles. The lowest BCUT2D eigenvalue weighted by atomic mass is 10.1. The minimum atomic E-state index is -4.22. The monoisotopic (exact) mass is 629 g/mol. The van der Waals surface area contributed by atoms with E-state index < -0.39 is 68.4 Å². The highest BCUT2D eigenvalue weighted by molar-refractivity contribution is 8.07.